The first kappa shape index (κ1) is 15.2. The number of aromatic nitrogens is 5. The van der Waals surface area contributed by atoms with Gasteiger partial charge < -0.3 is 5.32 Å². The van der Waals surface area contributed by atoms with Crippen LogP contribution in [0.4, 0.5) is 20.3 Å². The van der Waals surface area contributed by atoms with Gasteiger partial charge in [-0.3, -0.25) is 0 Å². The van der Waals surface area contributed by atoms with Gasteiger partial charge in [0.1, 0.15) is 5.52 Å². The molecule has 6 nitrogen and oxygen atoms in total. The third-order valence-corrected chi connectivity index (χ3v) is 4.98. The molecule has 1 aliphatic rings. The van der Waals surface area contributed by atoms with Crippen LogP contribution < -0.4 is 5.32 Å². The second-order valence-corrected chi connectivity index (χ2v) is 6.57. The average molecular weight is 354 g/mol. The van der Waals surface area contributed by atoms with Gasteiger partial charge in [0.15, 0.2) is 5.82 Å². The van der Waals surface area contributed by atoms with Crippen molar-refractivity contribution in [3.8, 4) is 0 Å². The number of alkyl halides is 2. The van der Waals surface area contributed by atoms with Gasteiger partial charge in [-0.15, -0.1) is 0 Å². The number of benzene rings is 1. The quantitative estimate of drug-likeness (QED) is 0.587. The first-order chi connectivity index (χ1) is 12.7. The van der Waals surface area contributed by atoms with Gasteiger partial charge in [-0.1, -0.05) is 6.42 Å². The van der Waals surface area contributed by atoms with E-state index < -0.39 is 6.55 Å². The lowest BCUT2D eigenvalue weighted by atomic mass is 9.83. The minimum absolute atomic E-state index is 0.397. The van der Waals surface area contributed by atoms with Crippen LogP contribution in [-0.2, 0) is 0 Å². The molecular weight excluding hydrogens is 338 g/mol. The Labute approximate surface area is 147 Å². The van der Waals surface area contributed by atoms with Crippen molar-refractivity contribution in [1.82, 2.24) is 24.4 Å². The van der Waals surface area contributed by atoms with E-state index in [4.69, 9.17) is 0 Å². The van der Waals surface area contributed by atoms with Gasteiger partial charge in [0, 0.05) is 29.4 Å². The molecule has 0 amide bonds. The number of hydrogen-bond acceptors (Lipinski definition) is 4. The van der Waals surface area contributed by atoms with Crippen LogP contribution in [0.3, 0.4) is 0 Å². The van der Waals surface area contributed by atoms with Crippen molar-refractivity contribution in [2.45, 2.75) is 31.7 Å². The molecule has 0 aliphatic heterocycles. The van der Waals surface area contributed by atoms with Gasteiger partial charge in [0.25, 0.3) is 0 Å². The van der Waals surface area contributed by atoms with Crippen molar-refractivity contribution in [3.05, 3.63) is 48.5 Å². The molecule has 1 N–H and O–H groups in total. The fourth-order valence-electron chi connectivity index (χ4n) is 3.36. The number of nitrogens with zero attached hydrogens (tertiary/aromatic N) is 5. The maximum absolute atomic E-state index is 12.9. The van der Waals surface area contributed by atoms with Crippen molar-refractivity contribution >= 4 is 27.9 Å². The van der Waals surface area contributed by atoms with E-state index in [2.05, 4.69) is 26.6 Å². The molecule has 0 saturated heterocycles. The van der Waals surface area contributed by atoms with Crippen LogP contribution in [0.25, 0.3) is 16.4 Å². The summed E-state index contributed by atoms with van der Waals surface area (Å²) in [6.07, 6.45) is 8.59. The monoisotopic (exact) mass is 354 g/mol. The van der Waals surface area contributed by atoms with E-state index in [0.29, 0.717) is 27.3 Å². The molecule has 4 aromatic rings. The molecule has 1 aliphatic carbocycles. The SMILES string of the molecule is FC(F)n1ncc2cc(Nc3nccn4nc(C5CCC5)cc34)ccc21. The number of nitrogens with one attached hydrogen (secondary N) is 1. The summed E-state index contributed by atoms with van der Waals surface area (Å²) in [5.41, 5.74) is 3.16. The highest BCUT2D eigenvalue weighted by molar-refractivity contribution is 5.84. The lowest BCUT2D eigenvalue weighted by Gasteiger charge is -2.22. The van der Waals surface area contributed by atoms with Crippen LogP contribution >= 0.6 is 0 Å². The summed E-state index contributed by atoms with van der Waals surface area (Å²) in [5, 5.41) is 12.3. The normalized spacial score (nSPS) is 15.0. The fourth-order valence-corrected chi connectivity index (χ4v) is 3.36. The molecular formula is C18H16F2N6. The number of rotatable bonds is 4. The van der Waals surface area contributed by atoms with Crippen LogP contribution in [0.2, 0.25) is 0 Å². The lowest BCUT2D eigenvalue weighted by Crippen LogP contribution is -2.09. The molecule has 0 radical (unpaired) electrons. The topological polar surface area (TPSA) is 60.0 Å². The minimum atomic E-state index is -2.65. The van der Waals surface area contributed by atoms with Crippen molar-refractivity contribution in [3.63, 3.8) is 0 Å². The van der Waals surface area contributed by atoms with Crippen LogP contribution in [0, 0.1) is 0 Å². The summed E-state index contributed by atoms with van der Waals surface area (Å²) in [4.78, 5) is 4.42. The first-order valence-corrected chi connectivity index (χ1v) is 8.56. The summed E-state index contributed by atoms with van der Waals surface area (Å²) in [6, 6.07) is 7.24. The molecule has 5 rings (SSSR count). The summed E-state index contributed by atoms with van der Waals surface area (Å²) in [7, 11) is 0. The maximum atomic E-state index is 12.9. The van der Waals surface area contributed by atoms with Gasteiger partial charge >= 0.3 is 6.55 Å². The third kappa shape index (κ3) is 2.40. The third-order valence-electron chi connectivity index (χ3n) is 4.98. The second-order valence-electron chi connectivity index (χ2n) is 6.57. The fraction of sp³-hybridized carbons (Fsp3) is 0.278. The molecule has 26 heavy (non-hydrogen) atoms. The predicted octanol–water partition coefficient (Wildman–Crippen LogP) is 4.49. The van der Waals surface area contributed by atoms with Gasteiger partial charge in [0.05, 0.1) is 17.4 Å². The van der Waals surface area contributed by atoms with E-state index in [9.17, 15) is 8.78 Å². The molecule has 1 aromatic carbocycles. The summed E-state index contributed by atoms with van der Waals surface area (Å²) in [6.45, 7) is -2.65. The molecule has 3 heterocycles. The molecule has 0 spiro atoms. The highest BCUT2D eigenvalue weighted by atomic mass is 19.3. The van der Waals surface area contributed by atoms with Crippen molar-refractivity contribution in [1.29, 1.82) is 0 Å². The molecule has 0 unspecified atom stereocenters. The Kier molecular flexibility index (Phi) is 3.37. The predicted molar refractivity (Wildman–Crippen MR) is 93.8 cm³/mol. The maximum Gasteiger partial charge on any atom is 0.333 e. The van der Waals surface area contributed by atoms with Crippen molar-refractivity contribution < 1.29 is 8.78 Å². The van der Waals surface area contributed by atoms with Crippen LogP contribution in [-0.4, -0.2) is 24.4 Å². The number of halogens is 2. The molecule has 1 saturated carbocycles. The van der Waals surface area contributed by atoms with Gasteiger partial charge in [-0.05, 0) is 37.1 Å². The Bertz CT molecular complexity index is 1100. The van der Waals surface area contributed by atoms with Crippen molar-refractivity contribution in [2.75, 3.05) is 5.32 Å². The van der Waals surface area contributed by atoms with E-state index in [0.717, 1.165) is 16.9 Å². The molecule has 0 atom stereocenters. The minimum Gasteiger partial charge on any atom is -0.338 e. The number of fused-ring (bicyclic) bond motifs is 2. The zero-order valence-electron chi connectivity index (χ0n) is 13.8. The van der Waals surface area contributed by atoms with Crippen LogP contribution in [0.15, 0.2) is 42.9 Å². The molecule has 3 aromatic heterocycles. The van der Waals surface area contributed by atoms with Crippen LogP contribution in [0.5, 0.6) is 0 Å². The zero-order chi connectivity index (χ0) is 17.7. The standard InChI is InChI=1S/C18H16F2N6/c19-18(20)26-15-5-4-13(8-12(15)10-22-26)23-17-16-9-14(11-2-1-3-11)24-25(16)7-6-21-17/h4-11,18H,1-3H2,(H,21,23). The second kappa shape index (κ2) is 5.76. The number of hydrogen-bond donors (Lipinski definition) is 1. The van der Waals surface area contributed by atoms with E-state index in [1.54, 1.807) is 24.4 Å². The van der Waals surface area contributed by atoms with Crippen LogP contribution in [0.1, 0.15) is 37.4 Å². The van der Waals surface area contributed by atoms with Gasteiger partial charge in [-0.25, -0.2) is 14.2 Å². The van der Waals surface area contributed by atoms with E-state index in [-0.39, 0.29) is 0 Å². The smallest absolute Gasteiger partial charge is 0.333 e. The highest BCUT2D eigenvalue weighted by Crippen LogP contribution is 2.36. The molecule has 132 valence electrons. The van der Waals surface area contributed by atoms with E-state index in [1.165, 1.54) is 25.5 Å². The molecule has 8 heteroatoms. The highest BCUT2D eigenvalue weighted by Gasteiger charge is 2.23. The summed E-state index contributed by atoms with van der Waals surface area (Å²) >= 11 is 0. The molecule has 0 bridgehead atoms. The van der Waals surface area contributed by atoms with E-state index >= 15 is 0 Å². The zero-order valence-corrected chi connectivity index (χ0v) is 13.8. The average Bonchev–Trinajstić information content (AvgIpc) is 3.17. The lowest BCUT2D eigenvalue weighted by molar-refractivity contribution is 0.0615. The van der Waals surface area contributed by atoms with Gasteiger partial charge in [0.2, 0.25) is 0 Å². The Morgan fingerprint density at radius 1 is 1.15 bits per heavy atom. The Morgan fingerprint density at radius 2 is 2.04 bits per heavy atom. The summed E-state index contributed by atoms with van der Waals surface area (Å²) in [5.74, 6) is 1.23. The number of anilines is 2. The Balaban J connectivity index is 1.50. The molecule has 1 fully saturated rings. The Morgan fingerprint density at radius 3 is 2.81 bits per heavy atom. The van der Waals surface area contributed by atoms with Gasteiger partial charge in [-0.2, -0.15) is 19.0 Å². The first-order valence-electron chi connectivity index (χ1n) is 8.56. The summed E-state index contributed by atoms with van der Waals surface area (Å²) < 4.78 is 28.4. The Hall–Kier alpha value is -3.03. The van der Waals surface area contributed by atoms with Crippen molar-refractivity contribution in [2.24, 2.45) is 0 Å². The largest absolute Gasteiger partial charge is 0.338 e. The van der Waals surface area contributed by atoms with E-state index in [1.807, 2.05) is 10.7 Å².